The fourth-order valence-corrected chi connectivity index (χ4v) is 1.40. The van der Waals surface area contributed by atoms with Crippen LogP contribution in [0, 0.1) is 11.7 Å². The Labute approximate surface area is 94.1 Å². The van der Waals surface area contributed by atoms with E-state index in [0.29, 0.717) is 6.42 Å². The molecular weight excluding hydrogens is 209 g/mol. The Bertz CT molecular complexity index is 373. The van der Waals surface area contributed by atoms with E-state index in [2.05, 4.69) is 0 Å². The molecule has 3 N–H and O–H groups in total. The Morgan fingerprint density at radius 2 is 2.00 bits per heavy atom. The smallest absolute Gasteiger partial charge is 0.323 e. The fourth-order valence-electron chi connectivity index (χ4n) is 1.40. The van der Waals surface area contributed by atoms with Gasteiger partial charge in [-0.1, -0.05) is 19.1 Å². The van der Waals surface area contributed by atoms with Crippen LogP contribution in [-0.2, 0) is 11.2 Å². The van der Waals surface area contributed by atoms with E-state index in [-0.39, 0.29) is 11.7 Å². The van der Waals surface area contributed by atoms with Gasteiger partial charge in [0.1, 0.15) is 11.4 Å². The van der Waals surface area contributed by atoms with E-state index in [4.69, 9.17) is 10.8 Å². The summed E-state index contributed by atoms with van der Waals surface area (Å²) < 4.78 is 12.7. The number of nitrogens with two attached hydrogens (primary N) is 1. The zero-order valence-electron chi connectivity index (χ0n) is 9.40. The summed E-state index contributed by atoms with van der Waals surface area (Å²) in [4.78, 5) is 10.9. The van der Waals surface area contributed by atoms with Crippen LogP contribution in [-0.4, -0.2) is 16.6 Å². The second kappa shape index (κ2) is 4.61. The number of hydrogen-bond donors (Lipinski definition) is 2. The molecule has 2 atom stereocenters. The number of halogens is 1. The van der Waals surface area contributed by atoms with Crippen LogP contribution >= 0.6 is 0 Å². The SMILES string of the molecule is CC(Cc1ccc(F)cc1)C(C)(N)C(=O)O. The lowest BCUT2D eigenvalue weighted by molar-refractivity contribution is -0.144. The van der Waals surface area contributed by atoms with E-state index in [0.717, 1.165) is 5.56 Å². The number of carboxylic acids is 1. The van der Waals surface area contributed by atoms with Crippen molar-refractivity contribution < 1.29 is 14.3 Å². The van der Waals surface area contributed by atoms with Crippen molar-refractivity contribution >= 4 is 5.97 Å². The predicted molar refractivity (Wildman–Crippen MR) is 59.5 cm³/mol. The molecule has 3 nitrogen and oxygen atoms in total. The molecule has 0 radical (unpaired) electrons. The number of hydrogen-bond acceptors (Lipinski definition) is 2. The first kappa shape index (κ1) is 12.6. The van der Waals surface area contributed by atoms with Gasteiger partial charge in [0.25, 0.3) is 0 Å². The topological polar surface area (TPSA) is 63.3 Å². The molecular formula is C12H16FNO2. The summed E-state index contributed by atoms with van der Waals surface area (Å²) in [6.07, 6.45) is 0.513. The average Bonchev–Trinajstić information content (AvgIpc) is 2.21. The molecule has 1 aromatic carbocycles. The molecule has 1 aromatic rings. The molecule has 0 fully saturated rings. The number of rotatable bonds is 4. The highest BCUT2D eigenvalue weighted by atomic mass is 19.1. The van der Waals surface area contributed by atoms with E-state index >= 15 is 0 Å². The predicted octanol–water partition coefficient (Wildman–Crippen LogP) is 1.81. The van der Waals surface area contributed by atoms with Crippen LogP contribution in [0.15, 0.2) is 24.3 Å². The normalized spacial score (nSPS) is 16.5. The average molecular weight is 225 g/mol. The molecule has 0 saturated heterocycles. The standard InChI is InChI=1S/C12H16FNO2/c1-8(12(2,14)11(15)16)7-9-3-5-10(13)6-4-9/h3-6,8H,7,14H2,1-2H3,(H,15,16). The highest BCUT2D eigenvalue weighted by Gasteiger charge is 2.34. The Morgan fingerprint density at radius 3 is 2.44 bits per heavy atom. The Kier molecular flexibility index (Phi) is 3.65. The van der Waals surface area contributed by atoms with Gasteiger partial charge in [0, 0.05) is 0 Å². The van der Waals surface area contributed by atoms with Gasteiger partial charge in [0.05, 0.1) is 0 Å². The minimum atomic E-state index is -1.27. The van der Waals surface area contributed by atoms with E-state index < -0.39 is 11.5 Å². The van der Waals surface area contributed by atoms with Crippen LogP contribution in [0.5, 0.6) is 0 Å². The molecule has 0 bridgehead atoms. The van der Waals surface area contributed by atoms with Crippen molar-refractivity contribution in [2.24, 2.45) is 11.7 Å². The largest absolute Gasteiger partial charge is 0.480 e. The molecule has 0 aliphatic carbocycles. The van der Waals surface area contributed by atoms with Crippen molar-refractivity contribution in [2.45, 2.75) is 25.8 Å². The van der Waals surface area contributed by atoms with Gasteiger partial charge in [0.2, 0.25) is 0 Å². The molecule has 16 heavy (non-hydrogen) atoms. The van der Waals surface area contributed by atoms with E-state index in [1.54, 1.807) is 19.1 Å². The van der Waals surface area contributed by atoms with E-state index in [9.17, 15) is 9.18 Å². The van der Waals surface area contributed by atoms with E-state index in [1.807, 2.05) is 0 Å². The summed E-state index contributed by atoms with van der Waals surface area (Å²) in [6, 6.07) is 6.00. The summed E-state index contributed by atoms with van der Waals surface area (Å²) in [5, 5.41) is 8.95. The molecule has 0 aliphatic heterocycles. The summed E-state index contributed by atoms with van der Waals surface area (Å²) in [7, 11) is 0. The molecule has 88 valence electrons. The maximum absolute atomic E-state index is 12.7. The zero-order valence-corrected chi connectivity index (χ0v) is 9.40. The van der Waals surface area contributed by atoms with Crippen LogP contribution < -0.4 is 5.73 Å². The Morgan fingerprint density at radius 1 is 1.50 bits per heavy atom. The minimum absolute atomic E-state index is 0.226. The van der Waals surface area contributed by atoms with Crippen molar-refractivity contribution in [2.75, 3.05) is 0 Å². The fraction of sp³-hybridized carbons (Fsp3) is 0.417. The van der Waals surface area contributed by atoms with Crippen molar-refractivity contribution in [3.8, 4) is 0 Å². The van der Waals surface area contributed by atoms with Crippen molar-refractivity contribution in [3.05, 3.63) is 35.6 Å². The van der Waals surface area contributed by atoms with E-state index in [1.165, 1.54) is 19.1 Å². The maximum Gasteiger partial charge on any atom is 0.323 e. The van der Waals surface area contributed by atoms with Crippen LogP contribution in [0.2, 0.25) is 0 Å². The number of benzene rings is 1. The van der Waals surface area contributed by atoms with Gasteiger partial charge in [-0.3, -0.25) is 4.79 Å². The lowest BCUT2D eigenvalue weighted by atomic mass is 9.83. The quantitative estimate of drug-likeness (QED) is 0.821. The molecule has 0 heterocycles. The summed E-state index contributed by atoms with van der Waals surface area (Å²) in [6.45, 7) is 3.26. The molecule has 0 saturated carbocycles. The Hall–Kier alpha value is -1.42. The van der Waals surface area contributed by atoms with Crippen molar-refractivity contribution in [1.29, 1.82) is 0 Å². The van der Waals surface area contributed by atoms with Crippen LogP contribution in [0.3, 0.4) is 0 Å². The second-order valence-electron chi connectivity index (χ2n) is 4.32. The van der Waals surface area contributed by atoms with Gasteiger partial charge in [-0.05, 0) is 37.0 Å². The van der Waals surface area contributed by atoms with Gasteiger partial charge in [-0.2, -0.15) is 0 Å². The third-order valence-corrected chi connectivity index (χ3v) is 2.94. The monoisotopic (exact) mass is 225 g/mol. The summed E-state index contributed by atoms with van der Waals surface area (Å²) >= 11 is 0. The number of aliphatic carboxylic acids is 1. The summed E-state index contributed by atoms with van der Waals surface area (Å²) in [5.41, 5.74) is 5.32. The van der Waals surface area contributed by atoms with Crippen molar-refractivity contribution in [1.82, 2.24) is 0 Å². The van der Waals surface area contributed by atoms with Gasteiger partial charge in [-0.25, -0.2) is 4.39 Å². The minimum Gasteiger partial charge on any atom is -0.480 e. The van der Waals surface area contributed by atoms with Gasteiger partial charge in [0.15, 0.2) is 0 Å². The molecule has 4 heteroatoms. The van der Waals surface area contributed by atoms with Crippen molar-refractivity contribution in [3.63, 3.8) is 0 Å². The zero-order chi connectivity index (χ0) is 12.3. The molecule has 0 amide bonds. The third-order valence-electron chi connectivity index (χ3n) is 2.94. The third kappa shape index (κ3) is 2.79. The first-order valence-corrected chi connectivity index (χ1v) is 5.10. The lowest BCUT2D eigenvalue weighted by Gasteiger charge is -2.27. The number of carboxylic acid groups (broad SMARTS) is 1. The van der Waals surface area contributed by atoms with Gasteiger partial charge >= 0.3 is 5.97 Å². The first-order chi connectivity index (χ1) is 7.34. The summed E-state index contributed by atoms with van der Waals surface area (Å²) in [5.74, 6) is -1.55. The second-order valence-corrected chi connectivity index (χ2v) is 4.32. The van der Waals surface area contributed by atoms with Crippen LogP contribution in [0.25, 0.3) is 0 Å². The van der Waals surface area contributed by atoms with Gasteiger partial charge in [-0.15, -0.1) is 0 Å². The highest BCUT2D eigenvalue weighted by Crippen LogP contribution is 2.19. The molecule has 0 spiro atoms. The molecule has 0 aromatic heterocycles. The van der Waals surface area contributed by atoms with Crippen LogP contribution in [0.1, 0.15) is 19.4 Å². The molecule has 1 rings (SSSR count). The highest BCUT2D eigenvalue weighted by molar-refractivity contribution is 5.78. The maximum atomic E-state index is 12.7. The number of carbonyl (C=O) groups is 1. The van der Waals surface area contributed by atoms with Gasteiger partial charge < -0.3 is 10.8 Å². The molecule has 2 unspecified atom stereocenters. The lowest BCUT2D eigenvalue weighted by Crippen LogP contribution is -2.51. The Balaban J connectivity index is 2.75. The first-order valence-electron chi connectivity index (χ1n) is 5.10. The molecule has 0 aliphatic rings. The van der Waals surface area contributed by atoms with Crippen LogP contribution in [0.4, 0.5) is 4.39 Å².